The first-order valence-electron chi connectivity index (χ1n) is 10.8. The van der Waals surface area contributed by atoms with E-state index in [0.29, 0.717) is 5.03 Å². The number of nitrogens with zero attached hydrogens (tertiary/aromatic N) is 3. The van der Waals surface area contributed by atoms with Crippen LogP contribution < -0.4 is 10.1 Å². The molecule has 0 saturated heterocycles. The number of thiazole rings is 1. The Morgan fingerprint density at radius 3 is 2.47 bits per heavy atom. The molecule has 0 aliphatic rings. The predicted octanol–water partition coefficient (Wildman–Crippen LogP) is 6.24. The fourth-order valence-corrected chi connectivity index (χ4v) is 5.37. The summed E-state index contributed by atoms with van der Waals surface area (Å²) >= 11 is 2.94. The molecule has 1 N–H and O–H groups in total. The lowest BCUT2D eigenvalue weighted by molar-refractivity contribution is -0.113. The fraction of sp³-hybridized carbons (Fsp3) is 0.231. The van der Waals surface area contributed by atoms with Crippen molar-refractivity contribution in [3.05, 3.63) is 70.9 Å². The van der Waals surface area contributed by atoms with Crippen molar-refractivity contribution in [1.82, 2.24) is 15.2 Å². The normalized spacial score (nSPS) is 10.9. The number of methoxy groups -OCH3 is 1. The van der Waals surface area contributed by atoms with Gasteiger partial charge in [0.05, 0.1) is 23.4 Å². The molecule has 2 heterocycles. The Bertz CT molecular complexity index is 1310. The van der Waals surface area contributed by atoms with Gasteiger partial charge in [-0.05, 0) is 63.1 Å². The van der Waals surface area contributed by atoms with Crippen molar-refractivity contribution < 1.29 is 9.53 Å². The molecule has 6 nitrogen and oxygen atoms in total. The minimum atomic E-state index is -0.0628. The summed E-state index contributed by atoms with van der Waals surface area (Å²) in [6, 6.07) is 15.8. The van der Waals surface area contributed by atoms with Gasteiger partial charge in [-0.25, -0.2) is 4.98 Å². The average molecular weight is 491 g/mol. The van der Waals surface area contributed by atoms with E-state index in [1.807, 2.05) is 57.2 Å². The molecule has 2 aromatic heterocycles. The standard InChI is InChI=1S/C26H26N4O2S2/c1-15-11-16(2)24(17(3)12-15)28-22(31)14-33-23-10-9-21(29-30-23)25-18(4)27-26(34-25)19-7-6-8-20(13-19)32-5/h6-13H,14H2,1-5H3,(H,28,31). The fourth-order valence-electron chi connectivity index (χ4n) is 3.72. The van der Waals surface area contributed by atoms with Crippen molar-refractivity contribution in [3.8, 4) is 26.9 Å². The number of aryl methyl sites for hydroxylation is 4. The average Bonchev–Trinajstić information content (AvgIpc) is 3.22. The van der Waals surface area contributed by atoms with Crippen LogP contribution in [-0.4, -0.2) is 34.0 Å². The molecule has 0 bridgehead atoms. The number of benzene rings is 2. The second-order valence-corrected chi connectivity index (χ2v) is 10.0. The zero-order valence-electron chi connectivity index (χ0n) is 19.8. The molecule has 0 aliphatic heterocycles. The van der Waals surface area contributed by atoms with Gasteiger partial charge in [0.1, 0.15) is 21.5 Å². The summed E-state index contributed by atoms with van der Waals surface area (Å²) < 4.78 is 5.32. The van der Waals surface area contributed by atoms with Gasteiger partial charge < -0.3 is 10.1 Å². The Kier molecular flexibility index (Phi) is 7.29. The molecule has 0 fully saturated rings. The van der Waals surface area contributed by atoms with Crippen LogP contribution >= 0.6 is 23.1 Å². The molecule has 174 valence electrons. The van der Waals surface area contributed by atoms with Crippen LogP contribution in [0.25, 0.3) is 21.1 Å². The number of amides is 1. The molecule has 0 spiro atoms. The number of aromatic nitrogens is 3. The van der Waals surface area contributed by atoms with Crippen molar-refractivity contribution in [2.75, 3.05) is 18.2 Å². The first-order valence-corrected chi connectivity index (χ1v) is 12.6. The number of anilines is 1. The topological polar surface area (TPSA) is 77.0 Å². The van der Waals surface area contributed by atoms with Crippen LogP contribution in [0, 0.1) is 27.7 Å². The van der Waals surface area contributed by atoms with Crippen molar-refractivity contribution in [1.29, 1.82) is 0 Å². The van der Waals surface area contributed by atoms with Crippen LogP contribution in [0.5, 0.6) is 5.75 Å². The number of rotatable bonds is 7. The molecule has 34 heavy (non-hydrogen) atoms. The summed E-state index contributed by atoms with van der Waals surface area (Å²) in [7, 11) is 1.65. The summed E-state index contributed by atoms with van der Waals surface area (Å²) in [5, 5.41) is 13.3. The quantitative estimate of drug-likeness (QED) is 0.309. The van der Waals surface area contributed by atoms with Crippen molar-refractivity contribution in [2.24, 2.45) is 0 Å². The summed E-state index contributed by atoms with van der Waals surface area (Å²) in [5.74, 6) is 0.998. The van der Waals surface area contributed by atoms with E-state index in [2.05, 4.69) is 34.6 Å². The van der Waals surface area contributed by atoms with Crippen LogP contribution in [0.2, 0.25) is 0 Å². The molecule has 2 aromatic carbocycles. The Hall–Kier alpha value is -3.23. The zero-order chi connectivity index (χ0) is 24.2. The van der Waals surface area contributed by atoms with E-state index in [1.54, 1.807) is 18.4 Å². The highest BCUT2D eigenvalue weighted by molar-refractivity contribution is 7.99. The van der Waals surface area contributed by atoms with E-state index in [-0.39, 0.29) is 11.7 Å². The number of ether oxygens (including phenoxy) is 1. The Labute approximate surface area is 207 Å². The van der Waals surface area contributed by atoms with Gasteiger partial charge in [0, 0.05) is 11.3 Å². The summed E-state index contributed by atoms with van der Waals surface area (Å²) in [4.78, 5) is 18.2. The number of carbonyl (C=O) groups excluding carboxylic acids is 1. The molecule has 0 unspecified atom stereocenters. The molecular formula is C26H26N4O2S2. The van der Waals surface area contributed by atoms with Gasteiger partial charge in [-0.15, -0.1) is 21.5 Å². The van der Waals surface area contributed by atoms with Crippen LogP contribution in [0.1, 0.15) is 22.4 Å². The van der Waals surface area contributed by atoms with Gasteiger partial charge in [-0.1, -0.05) is 41.6 Å². The van der Waals surface area contributed by atoms with Gasteiger partial charge in [0.2, 0.25) is 5.91 Å². The van der Waals surface area contributed by atoms with Gasteiger partial charge in [0.25, 0.3) is 0 Å². The van der Waals surface area contributed by atoms with E-state index < -0.39 is 0 Å². The lowest BCUT2D eigenvalue weighted by Gasteiger charge is -2.12. The van der Waals surface area contributed by atoms with Gasteiger partial charge in [0.15, 0.2) is 0 Å². The highest BCUT2D eigenvalue weighted by Crippen LogP contribution is 2.35. The SMILES string of the molecule is COc1cccc(-c2nc(C)c(-c3ccc(SCC(=O)Nc4c(C)cc(C)cc4C)nn3)s2)c1. The van der Waals surface area contributed by atoms with Crippen LogP contribution in [0.4, 0.5) is 5.69 Å². The Morgan fingerprint density at radius 1 is 1.03 bits per heavy atom. The lowest BCUT2D eigenvalue weighted by atomic mass is 10.1. The second-order valence-electron chi connectivity index (χ2n) is 8.03. The van der Waals surface area contributed by atoms with E-state index in [4.69, 9.17) is 9.72 Å². The third-order valence-electron chi connectivity index (χ3n) is 5.28. The maximum Gasteiger partial charge on any atom is 0.234 e. The minimum Gasteiger partial charge on any atom is -0.497 e. The molecule has 4 rings (SSSR count). The van der Waals surface area contributed by atoms with E-state index >= 15 is 0 Å². The minimum absolute atomic E-state index is 0.0628. The van der Waals surface area contributed by atoms with Gasteiger partial charge in [-0.2, -0.15) is 0 Å². The molecule has 8 heteroatoms. The van der Waals surface area contributed by atoms with Crippen molar-refractivity contribution in [2.45, 2.75) is 32.7 Å². The molecule has 0 atom stereocenters. The van der Waals surface area contributed by atoms with Gasteiger partial charge >= 0.3 is 0 Å². The van der Waals surface area contributed by atoms with Crippen LogP contribution in [-0.2, 0) is 4.79 Å². The molecule has 4 aromatic rings. The number of carbonyl (C=O) groups is 1. The third-order valence-corrected chi connectivity index (χ3v) is 7.43. The maximum absolute atomic E-state index is 12.5. The Morgan fingerprint density at radius 2 is 1.79 bits per heavy atom. The third kappa shape index (κ3) is 5.46. The predicted molar refractivity (Wildman–Crippen MR) is 140 cm³/mol. The highest BCUT2D eigenvalue weighted by Gasteiger charge is 2.14. The van der Waals surface area contributed by atoms with E-state index in [0.717, 1.165) is 49.4 Å². The molecule has 0 radical (unpaired) electrons. The van der Waals surface area contributed by atoms with E-state index in [1.165, 1.54) is 17.3 Å². The lowest BCUT2D eigenvalue weighted by Crippen LogP contribution is -2.16. The number of thioether (sulfide) groups is 1. The summed E-state index contributed by atoms with van der Waals surface area (Å²) in [6.07, 6.45) is 0. The first-order chi connectivity index (χ1) is 16.3. The second kappa shape index (κ2) is 10.4. The number of hydrogen-bond acceptors (Lipinski definition) is 7. The van der Waals surface area contributed by atoms with Crippen LogP contribution in [0.15, 0.2) is 53.6 Å². The molecule has 0 saturated carbocycles. The molecule has 1 amide bonds. The molecular weight excluding hydrogens is 464 g/mol. The number of hydrogen-bond donors (Lipinski definition) is 1. The van der Waals surface area contributed by atoms with Gasteiger partial charge in [-0.3, -0.25) is 4.79 Å². The zero-order valence-corrected chi connectivity index (χ0v) is 21.4. The monoisotopic (exact) mass is 490 g/mol. The van der Waals surface area contributed by atoms with E-state index in [9.17, 15) is 4.79 Å². The number of nitrogens with one attached hydrogen (secondary N) is 1. The smallest absolute Gasteiger partial charge is 0.234 e. The van der Waals surface area contributed by atoms with Crippen LogP contribution in [0.3, 0.4) is 0 Å². The summed E-state index contributed by atoms with van der Waals surface area (Å²) in [5.41, 5.74) is 6.87. The van der Waals surface area contributed by atoms with Crippen molar-refractivity contribution >= 4 is 34.7 Å². The molecule has 0 aliphatic carbocycles. The highest BCUT2D eigenvalue weighted by atomic mass is 32.2. The largest absolute Gasteiger partial charge is 0.497 e. The maximum atomic E-state index is 12.5. The Balaban J connectivity index is 1.42. The summed E-state index contributed by atoms with van der Waals surface area (Å²) in [6.45, 7) is 8.04. The van der Waals surface area contributed by atoms with Crippen molar-refractivity contribution in [3.63, 3.8) is 0 Å². The first kappa shape index (κ1) is 23.9.